The number of aromatic nitrogens is 4. The summed E-state index contributed by atoms with van der Waals surface area (Å²) in [6.07, 6.45) is 5.90. The molecule has 1 saturated heterocycles. The van der Waals surface area contributed by atoms with Gasteiger partial charge in [-0.15, -0.1) is 0 Å². The lowest BCUT2D eigenvalue weighted by atomic mass is 10.1. The van der Waals surface area contributed by atoms with Gasteiger partial charge in [0.1, 0.15) is 11.4 Å². The maximum Gasteiger partial charge on any atom is 0.114 e. The highest BCUT2D eigenvalue weighted by atomic mass is 15.2. The van der Waals surface area contributed by atoms with Gasteiger partial charge in [0, 0.05) is 24.1 Å². The number of hydrogen-bond acceptors (Lipinski definition) is 4. The summed E-state index contributed by atoms with van der Waals surface area (Å²) in [5, 5.41) is 7.33. The van der Waals surface area contributed by atoms with E-state index in [0.717, 1.165) is 35.7 Å². The van der Waals surface area contributed by atoms with Crippen LogP contribution >= 0.6 is 0 Å². The van der Waals surface area contributed by atoms with Crippen molar-refractivity contribution < 1.29 is 0 Å². The Kier molecular flexibility index (Phi) is 3.53. The summed E-state index contributed by atoms with van der Waals surface area (Å²) >= 11 is 0. The fraction of sp³-hybridized carbons (Fsp3) is 0.533. The van der Waals surface area contributed by atoms with Crippen LogP contribution in [0.25, 0.3) is 11.4 Å². The monoisotopic (exact) mass is 271 g/mol. The Hall–Kier alpha value is -1.75. The van der Waals surface area contributed by atoms with Crippen molar-refractivity contribution in [2.45, 2.75) is 45.7 Å². The molecule has 1 fully saturated rings. The van der Waals surface area contributed by atoms with Crippen LogP contribution in [-0.4, -0.2) is 37.7 Å². The second kappa shape index (κ2) is 5.32. The SMILES string of the molecule is Cc1cc(-c2nccnc2[C@H]2CCCN2C(C)C)n[nH]1. The van der Waals surface area contributed by atoms with E-state index in [1.165, 1.54) is 6.42 Å². The number of hydrogen-bond donors (Lipinski definition) is 1. The van der Waals surface area contributed by atoms with Gasteiger partial charge in [0.15, 0.2) is 0 Å². The minimum atomic E-state index is 0.357. The Bertz CT molecular complexity index is 589. The van der Waals surface area contributed by atoms with Gasteiger partial charge in [-0.05, 0) is 46.2 Å². The largest absolute Gasteiger partial charge is 0.292 e. The summed E-state index contributed by atoms with van der Waals surface area (Å²) in [6.45, 7) is 7.63. The zero-order valence-corrected chi connectivity index (χ0v) is 12.3. The number of nitrogens with zero attached hydrogens (tertiary/aromatic N) is 4. The maximum absolute atomic E-state index is 4.62. The summed E-state index contributed by atoms with van der Waals surface area (Å²) in [7, 11) is 0. The number of likely N-dealkylation sites (tertiary alicyclic amines) is 1. The minimum absolute atomic E-state index is 0.357. The van der Waals surface area contributed by atoms with Crippen LogP contribution in [0.4, 0.5) is 0 Å². The van der Waals surface area contributed by atoms with Gasteiger partial charge in [-0.1, -0.05) is 0 Å². The Morgan fingerprint density at radius 1 is 1.30 bits per heavy atom. The van der Waals surface area contributed by atoms with Crippen molar-refractivity contribution in [1.29, 1.82) is 0 Å². The lowest BCUT2D eigenvalue weighted by Gasteiger charge is -2.28. The van der Waals surface area contributed by atoms with E-state index in [4.69, 9.17) is 0 Å². The summed E-state index contributed by atoms with van der Waals surface area (Å²) in [5.74, 6) is 0. The van der Waals surface area contributed by atoms with Crippen molar-refractivity contribution >= 4 is 0 Å². The van der Waals surface area contributed by atoms with Crippen LogP contribution in [0, 0.1) is 6.92 Å². The van der Waals surface area contributed by atoms with E-state index in [0.29, 0.717) is 12.1 Å². The lowest BCUT2D eigenvalue weighted by Crippen LogP contribution is -2.31. The number of aromatic amines is 1. The molecule has 3 rings (SSSR count). The molecule has 1 atom stereocenters. The molecular weight excluding hydrogens is 250 g/mol. The topological polar surface area (TPSA) is 57.7 Å². The highest BCUT2D eigenvalue weighted by Gasteiger charge is 2.31. The average Bonchev–Trinajstić information content (AvgIpc) is 3.07. The Labute approximate surface area is 119 Å². The first-order valence-electron chi connectivity index (χ1n) is 7.26. The Morgan fingerprint density at radius 3 is 2.80 bits per heavy atom. The van der Waals surface area contributed by atoms with Crippen LogP contribution in [0.3, 0.4) is 0 Å². The van der Waals surface area contributed by atoms with Crippen LogP contribution in [0.15, 0.2) is 18.5 Å². The predicted octanol–water partition coefficient (Wildman–Crippen LogP) is 2.72. The number of rotatable bonds is 3. The van der Waals surface area contributed by atoms with Crippen molar-refractivity contribution in [1.82, 2.24) is 25.1 Å². The first-order valence-corrected chi connectivity index (χ1v) is 7.26. The van der Waals surface area contributed by atoms with Crippen LogP contribution in [0.5, 0.6) is 0 Å². The normalized spacial score (nSPS) is 19.9. The zero-order valence-electron chi connectivity index (χ0n) is 12.3. The number of aryl methyl sites for hydroxylation is 1. The minimum Gasteiger partial charge on any atom is -0.292 e. The molecule has 1 aliphatic rings. The van der Waals surface area contributed by atoms with Gasteiger partial charge in [-0.3, -0.25) is 20.0 Å². The van der Waals surface area contributed by atoms with E-state index in [-0.39, 0.29) is 0 Å². The summed E-state index contributed by atoms with van der Waals surface area (Å²) in [4.78, 5) is 11.7. The molecule has 2 aromatic rings. The first kappa shape index (κ1) is 13.2. The van der Waals surface area contributed by atoms with Gasteiger partial charge in [0.2, 0.25) is 0 Å². The summed E-state index contributed by atoms with van der Waals surface area (Å²) < 4.78 is 0. The molecule has 0 amide bonds. The molecule has 5 nitrogen and oxygen atoms in total. The molecule has 3 heterocycles. The second-order valence-corrected chi connectivity index (χ2v) is 5.72. The molecule has 0 unspecified atom stereocenters. The van der Waals surface area contributed by atoms with E-state index in [1.54, 1.807) is 12.4 Å². The molecule has 0 spiro atoms. The molecule has 0 aliphatic carbocycles. The van der Waals surface area contributed by atoms with Crippen LogP contribution in [0.1, 0.15) is 44.1 Å². The molecule has 0 aromatic carbocycles. The van der Waals surface area contributed by atoms with Crippen molar-refractivity contribution in [2.75, 3.05) is 6.54 Å². The van der Waals surface area contributed by atoms with Crippen molar-refractivity contribution in [3.8, 4) is 11.4 Å². The van der Waals surface area contributed by atoms with Crippen molar-refractivity contribution in [3.63, 3.8) is 0 Å². The van der Waals surface area contributed by atoms with E-state index >= 15 is 0 Å². The smallest absolute Gasteiger partial charge is 0.114 e. The number of nitrogens with one attached hydrogen (secondary N) is 1. The van der Waals surface area contributed by atoms with Gasteiger partial charge >= 0.3 is 0 Å². The fourth-order valence-electron chi connectivity index (χ4n) is 3.03. The molecular formula is C15H21N5. The lowest BCUT2D eigenvalue weighted by molar-refractivity contribution is 0.202. The molecule has 1 N–H and O–H groups in total. The van der Waals surface area contributed by atoms with Crippen molar-refractivity contribution in [2.24, 2.45) is 0 Å². The summed E-state index contributed by atoms with van der Waals surface area (Å²) in [6, 6.07) is 2.91. The highest BCUT2D eigenvalue weighted by molar-refractivity contribution is 5.57. The third-order valence-corrected chi connectivity index (χ3v) is 3.95. The van der Waals surface area contributed by atoms with Crippen LogP contribution in [-0.2, 0) is 0 Å². The van der Waals surface area contributed by atoms with Crippen molar-refractivity contribution in [3.05, 3.63) is 29.8 Å². The van der Waals surface area contributed by atoms with Gasteiger partial charge in [0.25, 0.3) is 0 Å². The van der Waals surface area contributed by atoms with E-state index in [2.05, 4.69) is 38.9 Å². The maximum atomic E-state index is 4.62. The van der Waals surface area contributed by atoms with E-state index in [9.17, 15) is 0 Å². The van der Waals surface area contributed by atoms with Gasteiger partial charge in [0.05, 0.1) is 11.7 Å². The molecule has 2 aromatic heterocycles. The van der Waals surface area contributed by atoms with E-state index < -0.39 is 0 Å². The third kappa shape index (κ3) is 2.33. The van der Waals surface area contributed by atoms with E-state index in [1.807, 2.05) is 13.0 Å². The Balaban J connectivity index is 2.02. The molecule has 0 radical (unpaired) electrons. The van der Waals surface area contributed by atoms with Gasteiger partial charge in [-0.25, -0.2) is 0 Å². The van der Waals surface area contributed by atoms with Crippen LogP contribution in [0.2, 0.25) is 0 Å². The molecule has 0 saturated carbocycles. The van der Waals surface area contributed by atoms with Gasteiger partial charge < -0.3 is 0 Å². The number of H-pyrrole nitrogens is 1. The van der Waals surface area contributed by atoms with Crippen LogP contribution < -0.4 is 0 Å². The first-order chi connectivity index (χ1) is 9.66. The molecule has 1 aliphatic heterocycles. The molecule has 0 bridgehead atoms. The summed E-state index contributed by atoms with van der Waals surface area (Å²) in [5.41, 5.74) is 3.91. The molecule has 20 heavy (non-hydrogen) atoms. The second-order valence-electron chi connectivity index (χ2n) is 5.72. The molecule has 106 valence electrons. The zero-order chi connectivity index (χ0) is 14.1. The standard InChI is InChI=1S/C15H21N5/c1-10(2)20-8-4-5-13(20)15-14(16-6-7-17-15)12-9-11(3)18-19-12/h6-7,9-10,13H,4-5,8H2,1-3H3,(H,18,19)/t13-/m1/s1. The Morgan fingerprint density at radius 2 is 2.10 bits per heavy atom. The van der Waals surface area contributed by atoms with Gasteiger partial charge in [-0.2, -0.15) is 5.10 Å². The predicted molar refractivity (Wildman–Crippen MR) is 78.2 cm³/mol. The average molecular weight is 271 g/mol. The third-order valence-electron chi connectivity index (χ3n) is 3.95. The molecule has 5 heteroatoms. The highest BCUT2D eigenvalue weighted by Crippen LogP contribution is 2.36. The quantitative estimate of drug-likeness (QED) is 0.932. The fourth-order valence-corrected chi connectivity index (χ4v) is 3.03.